The summed E-state index contributed by atoms with van der Waals surface area (Å²) in [6.07, 6.45) is 8.20. The van der Waals surface area contributed by atoms with Crippen LogP contribution in [0.25, 0.3) is 33.3 Å². The highest BCUT2D eigenvalue weighted by Crippen LogP contribution is 2.34. The molecule has 0 radical (unpaired) electrons. The van der Waals surface area contributed by atoms with Crippen LogP contribution in [0.5, 0.6) is 5.88 Å². The molecular weight excluding hydrogens is 809 g/mol. The van der Waals surface area contributed by atoms with E-state index in [9.17, 15) is 14.7 Å². The quantitative estimate of drug-likeness (QED) is 0.0699. The minimum Gasteiger partial charge on any atom is -0.481 e. The number of hydrogen-bond acceptors (Lipinski definition) is 12. The molecule has 1 fully saturated rings. The zero-order valence-corrected chi connectivity index (χ0v) is 35.3. The van der Waals surface area contributed by atoms with E-state index in [4.69, 9.17) is 43.5 Å². The fourth-order valence-electron chi connectivity index (χ4n) is 7.18. The Hall–Kier alpha value is -5.58. The van der Waals surface area contributed by atoms with Gasteiger partial charge in [-0.3, -0.25) is 14.2 Å². The van der Waals surface area contributed by atoms with Gasteiger partial charge in [0.25, 0.3) is 11.5 Å². The Bertz CT molecular complexity index is 2470. The third-order valence-corrected chi connectivity index (χ3v) is 10.6. The van der Waals surface area contributed by atoms with Gasteiger partial charge in [0.2, 0.25) is 11.8 Å². The van der Waals surface area contributed by atoms with E-state index in [0.717, 1.165) is 53.5 Å². The van der Waals surface area contributed by atoms with Crippen molar-refractivity contribution in [1.29, 1.82) is 0 Å². The number of carbonyl (C=O) groups excluding carboxylic acids is 1. The number of amides is 1. The Morgan fingerprint density at radius 2 is 1.78 bits per heavy atom. The second kappa shape index (κ2) is 20.1. The van der Waals surface area contributed by atoms with Crippen molar-refractivity contribution in [2.24, 2.45) is 0 Å². The Labute approximate surface area is 357 Å². The lowest BCUT2D eigenvalue weighted by atomic mass is 9.92. The topological polar surface area (TPSA) is 215 Å². The molecule has 17 heteroatoms. The number of nitrogens with zero attached hydrogens (tertiary/aromatic N) is 5. The van der Waals surface area contributed by atoms with E-state index < -0.39 is 6.04 Å². The molecule has 60 heavy (non-hydrogen) atoms. The number of aromatic nitrogens is 6. The van der Waals surface area contributed by atoms with Crippen molar-refractivity contribution in [3.05, 3.63) is 111 Å². The van der Waals surface area contributed by atoms with Gasteiger partial charge in [-0.05, 0) is 88.4 Å². The van der Waals surface area contributed by atoms with Gasteiger partial charge < -0.3 is 41.0 Å². The Balaban J connectivity index is 0.000000202. The summed E-state index contributed by atoms with van der Waals surface area (Å²) in [7, 11) is 1.55. The number of ether oxygens (including phenoxy) is 2. The average molecular weight is 859 g/mol. The molecule has 0 bridgehead atoms. The smallest absolute Gasteiger partial charge is 0.268 e. The summed E-state index contributed by atoms with van der Waals surface area (Å²) in [4.78, 5) is 46.5. The van der Waals surface area contributed by atoms with Gasteiger partial charge in [0, 0.05) is 69.4 Å². The maximum Gasteiger partial charge on any atom is 0.268 e. The normalized spacial score (nSPS) is 15.6. The molecule has 0 unspecified atom stereocenters. The lowest BCUT2D eigenvalue weighted by molar-refractivity contribution is 0.00169. The number of halogens is 2. The lowest BCUT2D eigenvalue weighted by Gasteiger charge is -2.30. The molecule has 1 atom stereocenters. The van der Waals surface area contributed by atoms with Gasteiger partial charge in [-0.15, -0.1) is 0 Å². The first-order valence-electron chi connectivity index (χ1n) is 19.6. The standard InChI is InChI=1S/C22H27N5O4.C21H22Cl2N4O2/c1-13-17-11-18(14-3-8-19(30-2)24-12-14)21(29)27(20(17)26-22(23)25-13)15-4-6-16(7-5-15)31-10-9-28;1-12(2)26-20-8-16(17(23)10-25-20)14-7-18(24-9-14)21(29)27-19(11-28)13-4-3-5-15(22)6-13/h3,8,11-12,15-16,28H,4-7,9-10H2,1-2H3,(H2,23,25,26);3-10,12,19,24,28H,11H2,1-2H3,(H,25,26)(H,27,29)/t;19-/m.1/s1. The number of pyridine rings is 3. The third-order valence-electron chi connectivity index (χ3n) is 10.1. The average Bonchev–Trinajstić information content (AvgIpc) is 3.73. The molecule has 1 aromatic carbocycles. The molecule has 15 nitrogen and oxygen atoms in total. The number of carbonyl (C=O) groups is 1. The third kappa shape index (κ3) is 10.6. The minimum absolute atomic E-state index is 0.0113. The monoisotopic (exact) mass is 857 g/mol. The van der Waals surface area contributed by atoms with Crippen molar-refractivity contribution in [1.82, 2.24) is 34.8 Å². The summed E-state index contributed by atoms with van der Waals surface area (Å²) < 4.78 is 12.6. The highest BCUT2D eigenvalue weighted by molar-refractivity contribution is 6.33. The van der Waals surface area contributed by atoms with E-state index in [-0.39, 0.29) is 48.8 Å². The number of benzene rings is 1. The van der Waals surface area contributed by atoms with Gasteiger partial charge in [-0.25, -0.2) is 15.0 Å². The first kappa shape index (κ1) is 44.0. The second-order valence-corrected chi connectivity index (χ2v) is 15.5. The number of methoxy groups -OCH3 is 1. The van der Waals surface area contributed by atoms with Crippen LogP contribution in [0.2, 0.25) is 10.0 Å². The molecule has 7 rings (SSSR count). The number of hydrogen-bond donors (Lipinski definition) is 6. The number of nitrogens with one attached hydrogen (secondary N) is 3. The van der Waals surface area contributed by atoms with Crippen LogP contribution in [0, 0.1) is 6.92 Å². The fourth-order valence-corrected chi connectivity index (χ4v) is 7.59. The van der Waals surface area contributed by atoms with Crippen molar-refractivity contribution >= 4 is 51.9 Å². The number of nitrogen functional groups attached to an aromatic ring is 1. The van der Waals surface area contributed by atoms with Crippen LogP contribution in [0.15, 0.2) is 78.0 Å². The van der Waals surface area contributed by atoms with Crippen LogP contribution in [0.1, 0.15) is 73.4 Å². The molecule has 1 amide bonds. The molecule has 0 saturated heterocycles. The number of aryl methyl sites for hydroxylation is 1. The molecule has 5 heterocycles. The molecule has 316 valence electrons. The summed E-state index contributed by atoms with van der Waals surface area (Å²) in [6, 6.07) is 15.6. The van der Waals surface area contributed by atoms with E-state index in [1.165, 1.54) is 0 Å². The van der Waals surface area contributed by atoms with Crippen LogP contribution in [0.4, 0.5) is 11.8 Å². The van der Waals surface area contributed by atoms with Gasteiger partial charge in [-0.1, -0.05) is 35.3 Å². The number of aliphatic hydroxyl groups excluding tert-OH is 2. The predicted molar refractivity (Wildman–Crippen MR) is 234 cm³/mol. The van der Waals surface area contributed by atoms with Gasteiger partial charge in [0.15, 0.2) is 0 Å². The van der Waals surface area contributed by atoms with Gasteiger partial charge >= 0.3 is 0 Å². The first-order valence-corrected chi connectivity index (χ1v) is 20.3. The van der Waals surface area contributed by atoms with E-state index in [1.807, 2.05) is 39.0 Å². The number of anilines is 2. The predicted octanol–water partition coefficient (Wildman–Crippen LogP) is 6.91. The summed E-state index contributed by atoms with van der Waals surface area (Å²) >= 11 is 12.3. The van der Waals surface area contributed by atoms with Crippen LogP contribution >= 0.6 is 23.2 Å². The fraction of sp³-hybridized carbons (Fsp3) is 0.349. The Morgan fingerprint density at radius 1 is 1.00 bits per heavy atom. The van der Waals surface area contributed by atoms with Crippen LogP contribution < -0.4 is 26.7 Å². The molecule has 7 N–H and O–H groups in total. The molecule has 5 aromatic heterocycles. The number of fused-ring (bicyclic) bond motifs is 1. The molecule has 0 spiro atoms. The Kier molecular flexibility index (Phi) is 14.7. The summed E-state index contributed by atoms with van der Waals surface area (Å²) in [5, 5.41) is 26.5. The van der Waals surface area contributed by atoms with Crippen LogP contribution in [0.3, 0.4) is 0 Å². The molecule has 1 aliphatic rings. The molecule has 1 saturated carbocycles. The first-order chi connectivity index (χ1) is 28.9. The van der Waals surface area contributed by atoms with Crippen molar-refractivity contribution in [3.8, 4) is 28.1 Å². The van der Waals surface area contributed by atoms with Gasteiger partial charge in [0.1, 0.15) is 17.2 Å². The number of rotatable bonds is 13. The Morgan fingerprint density at radius 3 is 2.45 bits per heavy atom. The lowest BCUT2D eigenvalue weighted by Crippen LogP contribution is -2.32. The zero-order valence-electron chi connectivity index (χ0n) is 33.8. The molecule has 0 aliphatic heterocycles. The zero-order chi connectivity index (χ0) is 42.9. The van der Waals surface area contributed by atoms with E-state index >= 15 is 0 Å². The highest BCUT2D eigenvalue weighted by Gasteiger charge is 2.27. The van der Waals surface area contributed by atoms with Crippen LogP contribution in [-0.2, 0) is 4.74 Å². The largest absolute Gasteiger partial charge is 0.481 e. The number of aliphatic hydroxyl groups is 2. The number of nitrogens with two attached hydrogens (primary N) is 1. The molecule has 6 aromatic rings. The summed E-state index contributed by atoms with van der Waals surface area (Å²) in [5.41, 5.74) is 10.9. The second-order valence-electron chi connectivity index (χ2n) is 14.7. The van der Waals surface area contributed by atoms with Crippen LogP contribution in [-0.4, -0.2) is 84.7 Å². The SMILES string of the molecule is CC(C)Nc1cc(-c2c[nH]c(C(=O)N[C@H](CO)c3cccc(Cl)c3)c2)c(Cl)cn1.COc1ccc(-c2cc3c(C)nc(N)nc3n(C3CCC(OCCO)CC3)c2=O)cn1. The summed E-state index contributed by atoms with van der Waals surface area (Å²) in [5.74, 6) is 0.990. The van der Waals surface area contributed by atoms with E-state index in [1.54, 1.807) is 66.7 Å². The molecule has 1 aliphatic carbocycles. The van der Waals surface area contributed by atoms with Crippen molar-refractivity contribution in [2.75, 3.05) is 38.0 Å². The van der Waals surface area contributed by atoms with Gasteiger partial charge in [0.05, 0.1) is 49.8 Å². The van der Waals surface area contributed by atoms with Crippen molar-refractivity contribution < 1.29 is 24.5 Å². The highest BCUT2D eigenvalue weighted by atomic mass is 35.5. The summed E-state index contributed by atoms with van der Waals surface area (Å²) in [6.45, 7) is 6.00. The van der Waals surface area contributed by atoms with E-state index in [0.29, 0.717) is 50.8 Å². The van der Waals surface area contributed by atoms with Crippen molar-refractivity contribution in [3.63, 3.8) is 0 Å². The number of aromatic amines is 1. The maximum absolute atomic E-state index is 13.7. The molecular formula is C43H49Cl2N9O6. The van der Waals surface area contributed by atoms with Gasteiger partial charge in [-0.2, -0.15) is 4.98 Å². The number of H-pyrrole nitrogens is 1. The van der Waals surface area contributed by atoms with E-state index in [2.05, 4.69) is 35.6 Å². The minimum atomic E-state index is -0.570. The van der Waals surface area contributed by atoms with Crippen molar-refractivity contribution in [2.45, 2.75) is 70.7 Å². The maximum atomic E-state index is 13.7.